The molecule has 0 aliphatic heterocycles. The third-order valence-corrected chi connectivity index (χ3v) is 2.71. The summed E-state index contributed by atoms with van der Waals surface area (Å²) in [4.78, 5) is 0. The van der Waals surface area contributed by atoms with Crippen LogP contribution >= 0.6 is 0 Å². The van der Waals surface area contributed by atoms with Crippen LogP contribution in [0.15, 0.2) is 0 Å². The van der Waals surface area contributed by atoms with Crippen LogP contribution in [0, 0.1) is 0 Å². The minimum absolute atomic E-state index is 0.0122. The number of aliphatic hydroxyl groups excluding tert-OH is 1. The van der Waals surface area contributed by atoms with Gasteiger partial charge in [-0.25, -0.2) is 0 Å². The van der Waals surface area contributed by atoms with Crippen LogP contribution in [0.2, 0.25) is 0 Å². The van der Waals surface area contributed by atoms with Gasteiger partial charge in [0.2, 0.25) is 0 Å². The highest BCUT2D eigenvalue weighted by molar-refractivity contribution is 5.01. The van der Waals surface area contributed by atoms with E-state index in [0.717, 1.165) is 19.4 Å². The highest BCUT2D eigenvalue weighted by Gasteiger charge is 2.41. The first kappa shape index (κ1) is 13.9. The largest absolute Gasteiger partial charge is 0.394 e. The van der Waals surface area contributed by atoms with E-state index in [4.69, 9.17) is 19.3 Å². The smallest absolute Gasteiger partial charge is 0.0701 e. The summed E-state index contributed by atoms with van der Waals surface area (Å²) in [5.74, 6) is 0. The average Bonchev–Trinajstić information content (AvgIpc) is 3.08. The Morgan fingerprint density at radius 1 is 1.06 bits per heavy atom. The van der Waals surface area contributed by atoms with E-state index < -0.39 is 0 Å². The van der Waals surface area contributed by atoms with Crippen molar-refractivity contribution < 1.29 is 19.3 Å². The number of ether oxygens (including phenoxy) is 3. The topological polar surface area (TPSA) is 60.0 Å². The number of rotatable bonds is 11. The fraction of sp³-hybridized carbons (Fsp3) is 1.00. The van der Waals surface area contributed by atoms with E-state index in [9.17, 15) is 0 Å². The van der Waals surface area contributed by atoms with E-state index in [1.54, 1.807) is 7.11 Å². The Morgan fingerprint density at radius 2 is 1.69 bits per heavy atom. The molecule has 1 aliphatic carbocycles. The molecule has 96 valence electrons. The Morgan fingerprint density at radius 3 is 2.25 bits per heavy atom. The number of aliphatic hydroxyl groups is 1. The summed E-state index contributed by atoms with van der Waals surface area (Å²) in [6, 6.07) is 0. The van der Waals surface area contributed by atoms with Gasteiger partial charge < -0.3 is 24.6 Å². The van der Waals surface area contributed by atoms with Crippen LogP contribution in [-0.2, 0) is 14.2 Å². The first-order chi connectivity index (χ1) is 7.83. The molecular weight excluding hydrogens is 210 g/mol. The molecule has 1 rings (SSSR count). The zero-order chi connectivity index (χ0) is 11.7. The third-order valence-electron chi connectivity index (χ3n) is 2.71. The van der Waals surface area contributed by atoms with Gasteiger partial charge in [0.15, 0.2) is 0 Å². The van der Waals surface area contributed by atoms with Crippen molar-refractivity contribution in [1.29, 1.82) is 0 Å². The molecule has 5 heteroatoms. The first-order valence-corrected chi connectivity index (χ1v) is 5.83. The van der Waals surface area contributed by atoms with Crippen LogP contribution in [0.3, 0.4) is 0 Å². The van der Waals surface area contributed by atoms with Crippen LogP contribution in [0.25, 0.3) is 0 Å². The first-order valence-electron chi connectivity index (χ1n) is 5.83. The maximum Gasteiger partial charge on any atom is 0.0701 e. The van der Waals surface area contributed by atoms with Gasteiger partial charge in [-0.15, -0.1) is 0 Å². The van der Waals surface area contributed by atoms with Crippen molar-refractivity contribution in [3.05, 3.63) is 0 Å². The van der Waals surface area contributed by atoms with E-state index in [1.807, 2.05) is 0 Å². The van der Waals surface area contributed by atoms with E-state index >= 15 is 0 Å². The molecule has 0 aromatic heterocycles. The zero-order valence-electron chi connectivity index (χ0n) is 10.0. The summed E-state index contributed by atoms with van der Waals surface area (Å²) in [5.41, 5.74) is 0.0122. The van der Waals surface area contributed by atoms with E-state index in [0.29, 0.717) is 33.0 Å². The monoisotopic (exact) mass is 233 g/mol. The lowest BCUT2D eigenvalue weighted by Gasteiger charge is -2.13. The Bertz CT molecular complexity index is 173. The van der Waals surface area contributed by atoms with E-state index in [2.05, 4.69) is 5.32 Å². The molecule has 0 aromatic carbocycles. The number of methoxy groups -OCH3 is 1. The van der Waals surface area contributed by atoms with Gasteiger partial charge in [0, 0.05) is 19.2 Å². The molecule has 0 heterocycles. The average molecular weight is 233 g/mol. The van der Waals surface area contributed by atoms with Gasteiger partial charge in [-0.3, -0.25) is 0 Å². The SMILES string of the molecule is COCCOCCOCCNC1(CO)CC1. The van der Waals surface area contributed by atoms with E-state index in [1.165, 1.54) is 0 Å². The predicted molar refractivity (Wildman–Crippen MR) is 60.6 cm³/mol. The molecule has 0 aromatic rings. The second-order valence-corrected chi connectivity index (χ2v) is 4.08. The fourth-order valence-corrected chi connectivity index (χ4v) is 1.39. The van der Waals surface area contributed by atoms with Gasteiger partial charge in [-0.05, 0) is 12.8 Å². The lowest BCUT2D eigenvalue weighted by molar-refractivity contribution is 0.0247. The summed E-state index contributed by atoms with van der Waals surface area (Å²) in [6.45, 7) is 4.14. The molecule has 1 saturated carbocycles. The van der Waals surface area contributed by atoms with Crippen LogP contribution in [0.1, 0.15) is 12.8 Å². The normalized spacial score (nSPS) is 17.6. The second kappa shape index (κ2) is 7.97. The maximum absolute atomic E-state index is 9.04. The Kier molecular flexibility index (Phi) is 6.91. The van der Waals surface area contributed by atoms with Gasteiger partial charge in [0.05, 0.1) is 39.6 Å². The predicted octanol–water partition coefficient (Wildman–Crippen LogP) is -0.219. The summed E-state index contributed by atoms with van der Waals surface area (Å²) < 4.78 is 15.5. The highest BCUT2D eigenvalue weighted by atomic mass is 16.5. The molecule has 0 saturated heterocycles. The van der Waals surface area contributed by atoms with Gasteiger partial charge in [-0.1, -0.05) is 0 Å². The lowest BCUT2D eigenvalue weighted by atomic mass is 10.3. The molecule has 16 heavy (non-hydrogen) atoms. The van der Waals surface area contributed by atoms with Gasteiger partial charge >= 0.3 is 0 Å². The Labute approximate surface area is 97.1 Å². The Balaban J connectivity index is 1.75. The van der Waals surface area contributed by atoms with Crippen LogP contribution in [0.5, 0.6) is 0 Å². The van der Waals surface area contributed by atoms with Crippen LogP contribution < -0.4 is 5.32 Å². The number of hydrogen-bond donors (Lipinski definition) is 2. The number of hydrogen-bond acceptors (Lipinski definition) is 5. The standard InChI is InChI=1S/C11H23NO4/c1-14-6-7-16-9-8-15-5-4-12-11(10-13)2-3-11/h12-13H,2-10H2,1H3. The molecule has 1 aliphatic rings. The summed E-state index contributed by atoms with van der Waals surface area (Å²) in [7, 11) is 1.65. The van der Waals surface area contributed by atoms with Gasteiger partial charge in [0.1, 0.15) is 0 Å². The summed E-state index contributed by atoms with van der Waals surface area (Å²) in [6.07, 6.45) is 2.15. The summed E-state index contributed by atoms with van der Waals surface area (Å²) in [5, 5.41) is 12.3. The zero-order valence-corrected chi connectivity index (χ0v) is 10.0. The van der Waals surface area contributed by atoms with Crippen molar-refractivity contribution in [2.75, 3.05) is 53.3 Å². The minimum atomic E-state index is 0.0122. The highest BCUT2D eigenvalue weighted by Crippen LogP contribution is 2.34. The quantitative estimate of drug-likeness (QED) is 0.483. The van der Waals surface area contributed by atoms with Crippen LogP contribution in [-0.4, -0.2) is 63.9 Å². The molecule has 2 N–H and O–H groups in total. The summed E-state index contributed by atoms with van der Waals surface area (Å²) >= 11 is 0. The molecule has 1 fully saturated rings. The van der Waals surface area contributed by atoms with Crippen molar-refractivity contribution in [2.24, 2.45) is 0 Å². The molecular formula is C11H23NO4. The molecule has 0 bridgehead atoms. The van der Waals surface area contributed by atoms with Crippen molar-refractivity contribution in [3.8, 4) is 0 Å². The second-order valence-electron chi connectivity index (χ2n) is 4.08. The van der Waals surface area contributed by atoms with Crippen molar-refractivity contribution in [2.45, 2.75) is 18.4 Å². The van der Waals surface area contributed by atoms with E-state index in [-0.39, 0.29) is 12.1 Å². The van der Waals surface area contributed by atoms with Crippen molar-refractivity contribution >= 4 is 0 Å². The van der Waals surface area contributed by atoms with Crippen molar-refractivity contribution in [1.82, 2.24) is 5.32 Å². The van der Waals surface area contributed by atoms with Gasteiger partial charge in [-0.2, -0.15) is 0 Å². The van der Waals surface area contributed by atoms with Crippen molar-refractivity contribution in [3.63, 3.8) is 0 Å². The molecule has 0 amide bonds. The Hall–Kier alpha value is -0.200. The maximum atomic E-state index is 9.04. The fourth-order valence-electron chi connectivity index (χ4n) is 1.39. The molecule has 0 atom stereocenters. The third kappa shape index (κ3) is 5.77. The molecule has 0 spiro atoms. The number of nitrogens with one attached hydrogen (secondary N) is 1. The lowest BCUT2D eigenvalue weighted by Crippen LogP contribution is -2.37. The molecule has 5 nitrogen and oxygen atoms in total. The minimum Gasteiger partial charge on any atom is -0.394 e. The van der Waals surface area contributed by atoms with Crippen LogP contribution in [0.4, 0.5) is 0 Å². The molecule has 0 unspecified atom stereocenters. The molecule has 0 radical (unpaired) electrons. The van der Waals surface area contributed by atoms with Gasteiger partial charge in [0.25, 0.3) is 0 Å².